The summed E-state index contributed by atoms with van der Waals surface area (Å²) in [4.78, 5) is 35.7. The molecule has 1 saturated heterocycles. The highest BCUT2D eigenvalue weighted by Gasteiger charge is 2.33. The third kappa shape index (κ3) is 2.80. The minimum Gasteiger partial charge on any atom is -0.478 e. The molecule has 1 aliphatic rings. The molecule has 0 spiro atoms. The summed E-state index contributed by atoms with van der Waals surface area (Å²) in [5.41, 5.74) is 0.834. The Labute approximate surface area is 119 Å². The zero-order chi connectivity index (χ0) is 14.7. The lowest BCUT2D eigenvalue weighted by atomic mass is 10.1. The van der Waals surface area contributed by atoms with E-state index in [0.29, 0.717) is 10.5 Å². The second-order valence-corrected chi connectivity index (χ2v) is 5.00. The summed E-state index contributed by atoms with van der Waals surface area (Å²) < 4.78 is 0. The predicted molar refractivity (Wildman–Crippen MR) is 76.3 cm³/mol. The van der Waals surface area contributed by atoms with Gasteiger partial charge in [0.05, 0.1) is 10.5 Å². The number of benzene rings is 1. The van der Waals surface area contributed by atoms with Crippen LogP contribution in [-0.2, 0) is 4.79 Å². The molecule has 0 radical (unpaired) electrons. The van der Waals surface area contributed by atoms with Gasteiger partial charge in [-0.2, -0.15) is 0 Å². The van der Waals surface area contributed by atoms with E-state index in [-0.39, 0.29) is 23.3 Å². The number of imide groups is 1. The molecule has 1 fully saturated rings. The van der Waals surface area contributed by atoms with Gasteiger partial charge in [-0.05, 0) is 35.5 Å². The van der Waals surface area contributed by atoms with E-state index in [4.69, 9.17) is 5.11 Å². The number of thioether (sulfide) groups is 1. The molecule has 0 aromatic heterocycles. The SMILES string of the molecule is C=CCN1C(=O)SC(=Cc2ccc(C(=O)O)cc2)C1=O. The molecular weight excluding hydrogens is 278 g/mol. The maximum atomic E-state index is 12.0. The Balaban J connectivity index is 2.23. The average Bonchev–Trinajstić information content (AvgIpc) is 2.67. The van der Waals surface area contributed by atoms with Crippen LogP contribution in [0.4, 0.5) is 4.79 Å². The first-order chi connectivity index (χ1) is 9.52. The second-order valence-electron chi connectivity index (χ2n) is 4.01. The first kappa shape index (κ1) is 14.1. The summed E-state index contributed by atoms with van der Waals surface area (Å²) in [6, 6.07) is 6.07. The molecule has 1 aliphatic heterocycles. The smallest absolute Gasteiger partial charge is 0.335 e. The van der Waals surface area contributed by atoms with E-state index in [9.17, 15) is 14.4 Å². The minimum absolute atomic E-state index is 0.168. The summed E-state index contributed by atoms with van der Waals surface area (Å²) in [6.07, 6.45) is 3.06. The number of carbonyl (C=O) groups excluding carboxylic acids is 2. The summed E-state index contributed by atoms with van der Waals surface area (Å²) in [6.45, 7) is 3.68. The minimum atomic E-state index is -1.01. The van der Waals surface area contributed by atoms with Crippen molar-refractivity contribution in [2.75, 3.05) is 6.54 Å². The number of carboxylic acid groups (broad SMARTS) is 1. The van der Waals surface area contributed by atoms with Crippen LogP contribution in [0.15, 0.2) is 41.8 Å². The van der Waals surface area contributed by atoms with Gasteiger partial charge in [0.1, 0.15) is 0 Å². The van der Waals surface area contributed by atoms with E-state index in [0.717, 1.165) is 16.7 Å². The van der Waals surface area contributed by atoms with Crippen molar-refractivity contribution in [2.45, 2.75) is 0 Å². The molecule has 0 aliphatic carbocycles. The number of rotatable bonds is 4. The third-order valence-electron chi connectivity index (χ3n) is 2.64. The van der Waals surface area contributed by atoms with E-state index in [2.05, 4.69) is 6.58 Å². The van der Waals surface area contributed by atoms with Gasteiger partial charge in [0.25, 0.3) is 11.1 Å². The Morgan fingerprint density at radius 3 is 2.50 bits per heavy atom. The molecular formula is C14H11NO4S. The topological polar surface area (TPSA) is 74.7 Å². The molecule has 0 atom stereocenters. The fourth-order valence-corrected chi connectivity index (χ4v) is 2.51. The summed E-state index contributed by atoms with van der Waals surface area (Å²) in [5, 5.41) is 8.47. The Hall–Kier alpha value is -2.34. The van der Waals surface area contributed by atoms with Gasteiger partial charge in [0, 0.05) is 6.54 Å². The largest absolute Gasteiger partial charge is 0.478 e. The summed E-state index contributed by atoms with van der Waals surface area (Å²) in [5.74, 6) is -1.37. The lowest BCUT2D eigenvalue weighted by Gasteiger charge is -2.07. The molecule has 2 rings (SSSR count). The van der Waals surface area contributed by atoms with Gasteiger partial charge in [0.15, 0.2) is 0 Å². The van der Waals surface area contributed by atoms with Gasteiger partial charge in [-0.3, -0.25) is 14.5 Å². The normalized spacial score (nSPS) is 16.8. The number of aromatic carboxylic acids is 1. The molecule has 0 saturated carbocycles. The molecule has 20 heavy (non-hydrogen) atoms. The lowest BCUT2D eigenvalue weighted by molar-refractivity contribution is -0.122. The molecule has 0 bridgehead atoms. The van der Waals surface area contributed by atoms with Crippen LogP contribution in [0.2, 0.25) is 0 Å². The van der Waals surface area contributed by atoms with E-state index in [1.807, 2.05) is 0 Å². The lowest BCUT2D eigenvalue weighted by Crippen LogP contribution is -2.27. The summed E-state index contributed by atoms with van der Waals surface area (Å²) in [7, 11) is 0. The van der Waals surface area contributed by atoms with Crippen molar-refractivity contribution in [1.29, 1.82) is 0 Å². The van der Waals surface area contributed by atoms with E-state index in [1.54, 1.807) is 18.2 Å². The number of hydrogen-bond acceptors (Lipinski definition) is 4. The van der Waals surface area contributed by atoms with Crippen LogP contribution in [0.5, 0.6) is 0 Å². The molecule has 1 aromatic carbocycles. The first-order valence-corrected chi connectivity index (χ1v) is 6.54. The van der Waals surface area contributed by atoms with Crippen molar-refractivity contribution < 1.29 is 19.5 Å². The number of hydrogen-bond donors (Lipinski definition) is 1. The Kier molecular flexibility index (Phi) is 4.05. The van der Waals surface area contributed by atoms with Crippen molar-refractivity contribution in [2.24, 2.45) is 0 Å². The van der Waals surface area contributed by atoms with Gasteiger partial charge in [-0.15, -0.1) is 6.58 Å². The van der Waals surface area contributed by atoms with Gasteiger partial charge in [-0.1, -0.05) is 18.2 Å². The van der Waals surface area contributed by atoms with Crippen LogP contribution < -0.4 is 0 Å². The van der Waals surface area contributed by atoms with Gasteiger partial charge >= 0.3 is 5.97 Å². The van der Waals surface area contributed by atoms with Crippen LogP contribution >= 0.6 is 11.8 Å². The van der Waals surface area contributed by atoms with Crippen LogP contribution in [-0.4, -0.2) is 33.7 Å². The van der Waals surface area contributed by atoms with Gasteiger partial charge < -0.3 is 5.11 Å². The fourth-order valence-electron chi connectivity index (χ4n) is 1.66. The zero-order valence-electron chi connectivity index (χ0n) is 10.4. The maximum absolute atomic E-state index is 12.0. The van der Waals surface area contributed by atoms with Crippen molar-refractivity contribution in [3.05, 3.63) is 53.0 Å². The highest BCUT2D eigenvalue weighted by atomic mass is 32.2. The highest BCUT2D eigenvalue weighted by molar-refractivity contribution is 8.18. The third-order valence-corrected chi connectivity index (χ3v) is 3.55. The number of carboxylic acids is 1. The quantitative estimate of drug-likeness (QED) is 0.681. The summed E-state index contributed by atoms with van der Waals surface area (Å²) >= 11 is 0.862. The molecule has 1 aromatic rings. The van der Waals surface area contributed by atoms with Crippen LogP contribution in [0, 0.1) is 0 Å². The highest BCUT2D eigenvalue weighted by Crippen LogP contribution is 2.31. The molecule has 102 valence electrons. The Morgan fingerprint density at radius 2 is 1.95 bits per heavy atom. The molecule has 1 heterocycles. The standard InChI is InChI=1S/C14H11NO4S/c1-2-7-15-12(16)11(20-14(15)19)8-9-3-5-10(6-4-9)13(17)18/h2-6,8H,1,7H2,(H,17,18). The molecule has 5 nitrogen and oxygen atoms in total. The van der Waals surface area contributed by atoms with Crippen molar-refractivity contribution in [3.63, 3.8) is 0 Å². The van der Waals surface area contributed by atoms with E-state index < -0.39 is 5.97 Å². The van der Waals surface area contributed by atoms with E-state index >= 15 is 0 Å². The number of carbonyl (C=O) groups is 3. The number of amides is 2. The Morgan fingerprint density at radius 1 is 1.30 bits per heavy atom. The monoisotopic (exact) mass is 289 g/mol. The Bertz CT molecular complexity index is 619. The van der Waals surface area contributed by atoms with E-state index in [1.165, 1.54) is 18.2 Å². The molecule has 0 unspecified atom stereocenters. The molecule has 6 heteroatoms. The predicted octanol–water partition coefficient (Wildman–Crippen LogP) is 2.61. The first-order valence-electron chi connectivity index (χ1n) is 5.72. The maximum Gasteiger partial charge on any atom is 0.335 e. The number of nitrogens with zero attached hydrogens (tertiary/aromatic N) is 1. The van der Waals surface area contributed by atoms with Crippen LogP contribution in [0.3, 0.4) is 0 Å². The van der Waals surface area contributed by atoms with Crippen molar-refractivity contribution in [1.82, 2.24) is 4.90 Å². The van der Waals surface area contributed by atoms with Crippen molar-refractivity contribution in [3.8, 4) is 0 Å². The van der Waals surface area contributed by atoms with Crippen LogP contribution in [0.25, 0.3) is 6.08 Å². The van der Waals surface area contributed by atoms with Crippen LogP contribution in [0.1, 0.15) is 15.9 Å². The molecule has 2 amide bonds. The molecule has 1 N–H and O–H groups in total. The van der Waals surface area contributed by atoms with Gasteiger partial charge in [-0.25, -0.2) is 4.79 Å². The average molecular weight is 289 g/mol. The zero-order valence-corrected chi connectivity index (χ0v) is 11.2. The second kappa shape index (κ2) is 5.75. The fraction of sp³-hybridized carbons (Fsp3) is 0.0714. The van der Waals surface area contributed by atoms with Crippen molar-refractivity contribution >= 4 is 35.0 Å². The van der Waals surface area contributed by atoms with Gasteiger partial charge in [0.2, 0.25) is 0 Å².